The van der Waals surface area contributed by atoms with Gasteiger partial charge < -0.3 is 4.74 Å². The summed E-state index contributed by atoms with van der Waals surface area (Å²) in [6.07, 6.45) is 7.44. The van der Waals surface area contributed by atoms with E-state index in [1.54, 1.807) is 24.1 Å². The van der Waals surface area contributed by atoms with Gasteiger partial charge in [0.25, 0.3) is 5.95 Å². The lowest BCUT2D eigenvalue weighted by Crippen LogP contribution is -2.18. The number of hydrogen-bond acceptors (Lipinski definition) is 8. The Morgan fingerprint density at radius 1 is 1.07 bits per heavy atom. The van der Waals surface area contributed by atoms with Crippen molar-refractivity contribution in [3.8, 4) is 17.2 Å². The number of halogens is 2. The Morgan fingerprint density at radius 2 is 1.80 bits per heavy atom. The van der Waals surface area contributed by atoms with Crippen LogP contribution in [0.15, 0.2) is 42.7 Å². The SMILES string of the molecule is CC.CC.COCCc1cn(-c2nccc([C@]34CC35C[C@H]5c3cc(-c5c(F)cccc5F)nnc34)n2)nc1CCS(C)(=O)=O. The largest absolute Gasteiger partial charge is 0.384 e. The van der Waals surface area contributed by atoms with Crippen LogP contribution >= 0.6 is 0 Å². The normalized spacial score (nSPS) is 22.0. The van der Waals surface area contributed by atoms with Gasteiger partial charge in [-0.3, -0.25) is 0 Å². The molecule has 234 valence electrons. The number of fused-ring (bicyclic) bond motifs is 3. The molecule has 1 unspecified atom stereocenters. The summed E-state index contributed by atoms with van der Waals surface area (Å²) in [5.74, 6) is -0.720. The van der Waals surface area contributed by atoms with Crippen LogP contribution in [0.4, 0.5) is 8.78 Å². The summed E-state index contributed by atoms with van der Waals surface area (Å²) < 4.78 is 59.3. The van der Waals surface area contributed by atoms with Crippen molar-refractivity contribution in [2.24, 2.45) is 5.41 Å². The fraction of sp³-hybridized carbons (Fsp3) is 0.469. The molecule has 0 bridgehead atoms. The Hall–Kier alpha value is -3.64. The van der Waals surface area contributed by atoms with E-state index in [2.05, 4.69) is 20.3 Å². The first-order valence-corrected chi connectivity index (χ1v) is 17.1. The van der Waals surface area contributed by atoms with Crippen LogP contribution in [-0.4, -0.2) is 64.1 Å². The Morgan fingerprint density at radius 3 is 2.48 bits per heavy atom. The quantitative estimate of drug-likeness (QED) is 0.243. The molecule has 9 nitrogen and oxygen atoms in total. The van der Waals surface area contributed by atoms with E-state index in [9.17, 15) is 17.2 Å². The maximum absolute atomic E-state index is 14.5. The monoisotopic (exact) mass is 624 g/mol. The predicted octanol–water partition coefficient (Wildman–Crippen LogP) is 5.40. The van der Waals surface area contributed by atoms with Crippen molar-refractivity contribution >= 4 is 9.84 Å². The van der Waals surface area contributed by atoms with E-state index in [-0.39, 0.29) is 34.8 Å². The van der Waals surface area contributed by atoms with Crippen LogP contribution in [0.5, 0.6) is 0 Å². The molecule has 0 amide bonds. The number of aromatic nitrogens is 6. The lowest BCUT2D eigenvalue weighted by molar-refractivity contribution is 0.202. The third kappa shape index (κ3) is 5.21. The van der Waals surface area contributed by atoms with Crippen LogP contribution in [-0.2, 0) is 32.8 Å². The molecule has 44 heavy (non-hydrogen) atoms. The first-order valence-electron chi connectivity index (χ1n) is 15.1. The molecule has 7 rings (SSSR count). The second-order valence-corrected chi connectivity index (χ2v) is 13.3. The molecule has 12 heteroatoms. The van der Waals surface area contributed by atoms with E-state index in [1.165, 1.54) is 24.5 Å². The molecular formula is C32H38F2N6O3S. The van der Waals surface area contributed by atoms with Crippen LogP contribution in [0, 0.1) is 17.0 Å². The number of benzene rings is 1. The highest BCUT2D eigenvalue weighted by atomic mass is 32.2. The van der Waals surface area contributed by atoms with Crippen molar-refractivity contribution in [3.63, 3.8) is 0 Å². The van der Waals surface area contributed by atoms with Gasteiger partial charge in [0.1, 0.15) is 21.5 Å². The van der Waals surface area contributed by atoms with Crippen molar-refractivity contribution in [1.82, 2.24) is 29.9 Å². The summed E-state index contributed by atoms with van der Waals surface area (Å²) in [5, 5.41) is 13.4. The third-order valence-corrected chi connectivity index (χ3v) is 9.60. The van der Waals surface area contributed by atoms with Crippen molar-refractivity contribution in [2.75, 3.05) is 25.7 Å². The van der Waals surface area contributed by atoms with E-state index in [0.717, 1.165) is 35.4 Å². The van der Waals surface area contributed by atoms with Crippen LogP contribution in [0.25, 0.3) is 17.2 Å². The van der Waals surface area contributed by atoms with Crippen molar-refractivity contribution in [2.45, 2.75) is 64.7 Å². The van der Waals surface area contributed by atoms with Crippen LogP contribution < -0.4 is 0 Å². The molecule has 0 radical (unpaired) electrons. The zero-order valence-electron chi connectivity index (χ0n) is 25.9. The minimum Gasteiger partial charge on any atom is -0.384 e. The molecular weight excluding hydrogens is 586 g/mol. The standard InChI is InChI=1S/C28H26F2N6O3S.2C2H6/c1-39-10-7-16-14-36(35-21(16)8-11-40(2,37)38)26-31-9-6-23(32-26)28-15-27(28)13-18(27)17-12-22(33-34-25(17)28)24-19(29)4-3-5-20(24)30;2*1-2/h3-6,9,12,14,18H,7-8,10-11,13,15H2,1-2H3;2*1-2H3/t18-,27?,28-;;/m0../s1. The molecule has 2 saturated carbocycles. The minimum atomic E-state index is -3.16. The van der Waals surface area contributed by atoms with Crippen LogP contribution in [0.3, 0.4) is 0 Å². The Labute approximate surface area is 257 Å². The smallest absolute Gasteiger partial charge is 0.250 e. The fourth-order valence-electron chi connectivity index (χ4n) is 6.62. The Bertz CT molecular complexity index is 1780. The number of sulfone groups is 1. The van der Waals surface area contributed by atoms with Gasteiger partial charge in [0.2, 0.25) is 0 Å². The van der Waals surface area contributed by atoms with Gasteiger partial charge >= 0.3 is 0 Å². The van der Waals surface area contributed by atoms with Gasteiger partial charge in [-0.25, -0.2) is 31.8 Å². The van der Waals surface area contributed by atoms with Crippen molar-refractivity contribution in [1.29, 1.82) is 0 Å². The van der Waals surface area contributed by atoms with Crippen molar-refractivity contribution in [3.05, 3.63) is 82.6 Å². The van der Waals surface area contributed by atoms with E-state index in [0.29, 0.717) is 24.7 Å². The molecule has 0 aliphatic heterocycles. The topological polar surface area (TPSA) is 113 Å². The fourth-order valence-corrected chi connectivity index (χ4v) is 7.19. The summed E-state index contributed by atoms with van der Waals surface area (Å²) in [7, 11) is -1.55. The second-order valence-electron chi connectivity index (χ2n) is 11.0. The summed E-state index contributed by atoms with van der Waals surface area (Å²) in [4.78, 5) is 9.37. The second kappa shape index (κ2) is 12.0. The van der Waals surface area contributed by atoms with E-state index >= 15 is 0 Å². The van der Waals surface area contributed by atoms with Gasteiger partial charge in [-0.2, -0.15) is 10.2 Å². The molecule has 4 aromatic rings. The van der Waals surface area contributed by atoms with Gasteiger partial charge in [0.05, 0.1) is 46.1 Å². The number of aryl methyl sites for hydroxylation is 1. The molecule has 1 aromatic carbocycles. The number of hydrogen-bond donors (Lipinski definition) is 0. The third-order valence-electron chi connectivity index (χ3n) is 8.65. The van der Waals surface area contributed by atoms with Crippen molar-refractivity contribution < 1.29 is 21.9 Å². The highest BCUT2D eigenvalue weighted by Gasteiger charge is 2.87. The molecule has 3 atom stereocenters. The average Bonchev–Trinajstić information content (AvgIpc) is 3.85. The van der Waals surface area contributed by atoms with E-state index in [1.807, 2.05) is 40.0 Å². The average molecular weight is 625 g/mol. The molecule has 0 N–H and O–H groups in total. The van der Waals surface area contributed by atoms with Crippen LogP contribution in [0.1, 0.15) is 74.7 Å². The molecule has 1 spiro atoms. The molecule has 3 aromatic heterocycles. The maximum atomic E-state index is 14.5. The van der Waals surface area contributed by atoms with Gasteiger partial charge in [0.15, 0.2) is 0 Å². The van der Waals surface area contributed by atoms with E-state index in [4.69, 9.17) is 9.72 Å². The minimum absolute atomic E-state index is 0.00355. The highest BCUT2D eigenvalue weighted by Crippen LogP contribution is 2.91. The molecule has 3 aliphatic rings. The first kappa shape index (κ1) is 31.8. The molecule has 0 saturated heterocycles. The number of rotatable bonds is 9. The summed E-state index contributed by atoms with van der Waals surface area (Å²) in [6.45, 7) is 8.47. The number of methoxy groups -OCH3 is 1. The van der Waals surface area contributed by atoms with Gasteiger partial charge in [-0.1, -0.05) is 33.8 Å². The molecule has 3 heterocycles. The van der Waals surface area contributed by atoms with Crippen LogP contribution in [0.2, 0.25) is 0 Å². The predicted molar refractivity (Wildman–Crippen MR) is 163 cm³/mol. The van der Waals surface area contributed by atoms with Gasteiger partial charge in [-0.15, -0.1) is 5.10 Å². The molecule has 2 fully saturated rings. The zero-order valence-corrected chi connectivity index (χ0v) is 26.8. The zero-order chi connectivity index (χ0) is 31.9. The number of nitrogens with zero attached hydrogens (tertiary/aromatic N) is 6. The lowest BCUT2D eigenvalue weighted by atomic mass is 9.93. The highest BCUT2D eigenvalue weighted by molar-refractivity contribution is 7.90. The first-order chi connectivity index (χ1) is 21.2. The summed E-state index contributed by atoms with van der Waals surface area (Å²) >= 11 is 0. The Kier molecular flexibility index (Phi) is 8.69. The van der Waals surface area contributed by atoms with Gasteiger partial charge in [-0.05, 0) is 66.0 Å². The Balaban J connectivity index is 0.000000924. The lowest BCUT2D eigenvalue weighted by Gasteiger charge is -2.17. The molecule has 3 aliphatic carbocycles. The summed E-state index contributed by atoms with van der Waals surface area (Å²) in [5.41, 5.74) is 3.75. The number of ether oxygens (including phenoxy) is 1. The maximum Gasteiger partial charge on any atom is 0.250 e. The van der Waals surface area contributed by atoms with E-state index < -0.39 is 26.9 Å². The van der Waals surface area contributed by atoms with Gasteiger partial charge in [0, 0.05) is 32.2 Å². The summed E-state index contributed by atoms with van der Waals surface area (Å²) in [6, 6.07) is 7.43.